The van der Waals surface area contributed by atoms with E-state index in [4.69, 9.17) is 21.1 Å². The van der Waals surface area contributed by atoms with Crippen molar-refractivity contribution in [2.24, 2.45) is 0 Å². The summed E-state index contributed by atoms with van der Waals surface area (Å²) in [6.45, 7) is 1.46. The summed E-state index contributed by atoms with van der Waals surface area (Å²) in [5.74, 6) is 0.365. The second kappa shape index (κ2) is 8.22. The van der Waals surface area contributed by atoms with Gasteiger partial charge < -0.3 is 24.8 Å². The molecule has 1 aromatic carbocycles. The van der Waals surface area contributed by atoms with Crippen LogP contribution >= 0.6 is 22.9 Å². The fourth-order valence-corrected chi connectivity index (χ4v) is 5.42. The van der Waals surface area contributed by atoms with E-state index in [0.717, 1.165) is 25.1 Å². The zero-order valence-electron chi connectivity index (χ0n) is 16.6. The Kier molecular flexibility index (Phi) is 5.41. The maximum Gasteiger partial charge on any atom is 0.415 e. The number of carbonyl (C=O) groups is 2. The molecule has 0 spiro atoms. The first-order valence-electron chi connectivity index (χ1n) is 10.2. The molecule has 2 amide bonds. The van der Waals surface area contributed by atoms with Crippen molar-refractivity contribution < 1.29 is 24.2 Å². The molecule has 0 saturated carbocycles. The average Bonchev–Trinajstić information content (AvgIpc) is 3.50. The maximum atomic E-state index is 12.6. The van der Waals surface area contributed by atoms with Crippen molar-refractivity contribution in [1.82, 2.24) is 5.32 Å². The Hall–Kier alpha value is -2.49. The van der Waals surface area contributed by atoms with Crippen LogP contribution in [-0.4, -0.2) is 61.6 Å². The highest BCUT2D eigenvalue weighted by Gasteiger charge is 2.46. The molecule has 5 rings (SSSR count). The van der Waals surface area contributed by atoms with Crippen molar-refractivity contribution in [3.63, 3.8) is 0 Å². The standard InChI is InChI=1S/C21H22ClN3O5S/c22-19-6-5-18(31-19)20(27)23-9-17-15-11-29-16-8-12(24-7-1-2-13(24)10-26)3-4-14(16)25(15)21(28)30-17/h3-6,8,13,15,17,26H,1-2,7,9-11H2,(H,23,27)/t13-,15+,17+/m1/s1. The lowest BCUT2D eigenvalue weighted by Gasteiger charge is -2.33. The number of nitrogens with zero attached hydrogens (tertiary/aromatic N) is 2. The predicted octanol–water partition coefficient (Wildman–Crippen LogP) is 2.88. The molecule has 8 nitrogen and oxygen atoms in total. The first kappa shape index (κ1) is 20.4. The number of ether oxygens (including phenoxy) is 2. The minimum Gasteiger partial charge on any atom is -0.489 e. The number of aliphatic hydroxyl groups excluding tert-OH is 1. The molecule has 2 fully saturated rings. The van der Waals surface area contributed by atoms with Crippen molar-refractivity contribution in [2.45, 2.75) is 31.0 Å². The van der Waals surface area contributed by atoms with Crippen LogP contribution in [0.3, 0.4) is 0 Å². The van der Waals surface area contributed by atoms with Gasteiger partial charge in [-0.2, -0.15) is 0 Å². The summed E-state index contributed by atoms with van der Waals surface area (Å²) in [7, 11) is 0. The second-order valence-electron chi connectivity index (χ2n) is 7.81. The minimum absolute atomic E-state index is 0.109. The summed E-state index contributed by atoms with van der Waals surface area (Å²) in [5, 5.41) is 12.4. The number of carbonyl (C=O) groups excluding carboxylic acids is 2. The fourth-order valence-electron chi connectivity index (χ4n) is 4.46. The van der Waals surface area contributed by atoms with Gasteiger partial charge in [0.25, 0.3) is 5.91 Å². The maximum absolute atomic E-state index is 12.6. The van der Waals surface area contributed by atoms with Crippen molar-refractivity contribution in [2.75, 3.05) is 36.1 Å². The van der Waals surface area contributed by atoms with Crippen LogP contribution in [0.1, 0.15) is 22.5 Å². The monoisotopic (exact) mass is 463 g/mol. The normalized spacial score (nSPS) is 24.5. The average molecular weight is 464 g/mol. The Bertz CT molecular complexity index is 1010. The van der Waals surface area contributed by atoms with Gasteiger partial charge in [-0.3, -0.25) is 9.69 Å². The number of anilines is 2. The number of hydrogen-bond donors (Lipinski definition) is 2. The summed E-state index contributed by atoms with van der Waals surface area (Å²) in [4.78, 5) is 29.2. The van der Waals surface area contributed by atoms with E-state index in [1.165, 1.54) is 11.3 Å². The molecule has 0 aliphatic carbocycles. The Morgan fingerprint density at radius 2 is 2.19 bits per heavy atom. The zero-order chi connectivity index (χ0) is 21.5. The summed E-state index contributed by atoms with van der Waals surface area (Å²) in [6, 6.07) is 8.84. The Morgan fingerprint density at radius 1 is 1.32 bits per heavy atom. The van der Waals surface area contributed by atoms with Crippen molar-refractivity contribution in [3.05, 3.63) is 39.5 Å². The van der Waals surface area contributed by atoms with Crippen LogP contribution in [0.25, 0.3) is 0 Å². The molecular weight excluding hydrogens is 442 g/mol. The summed E-state index contributed by atoms with van der Waals surface area (Å²) in [5.41, 5.74) is 1.63. The van der Waals surface area contributed by atoms with Gasteiger partial charge in [-0.15, -0.1) is 11.3 Å². The molecule has 3 atom stereocenters. The van der Waals surface area contributed by atoms with Gasteiger partial charge >= 0.3 is 6.09 Å². The highest BCUT2D eigenvalue weighted by atomic mass is 35.5. The van der Waals surface area contributed by atoms with E-state index >= 15 is 0 Å². The van der Waals surface area contributed by atoms with Gasteiger partial charge in [0.05, 0.1) is 34.1 Å². The Balaban J connectivity index is 1.30. The van der Waals surface area contributed by atoms with Crippen molar-refractivity contribution >= 4 is 46.3 Å². The van der Waals surface area contributed by atoms with Crippen LogP contribution in [0.5, 0.6) is 5.75 Å². The van der Waals surface area contributed by atoms with Gasteiger partial charge in [-0.1, -0.05) is 11.6 Å². The quantitative estimate of drug-likeness (QED) is 0.708. The third kappa shape index (κ3) is 3.71. The highest BCUT2D eigenvalue weighted by molar-refractivity contribution is 7.18. The fraction of sp³-hybridized carbons (Fsp3) is 0.429. The van der Waals surface area contributed by atoms with Gasteiger partial charge in [0.2, 0.25) is 0 Å². The molecular formula is C21H22ClN3O5S. The van der Waals surface area contributed by atoms with Crippen LogP contribution < -0.4 is 19.9 Å². The van der Waals surface area contributed by atoms with E-state index < -0.39 is 12.2 Å². The van der Waals surface area contributed by atoms with Crippen LogP contribution in [0.4, 0.5) is 16.2 Å². The molecule has 0 radical (unpaired) electrons. The number of hydrogen-bond acceptors (Lipinski definition) is 7. The second-order valence-corrected chi connectivity index (χ2v) is 9.52. The zero-order valence-corrected chi connectivity index (χ0v) is 18.2. The van der Waals surface area contributed by atoms with E-state index in [9.17, 15) is 14.7 Å². The molecule has 10 heteroatoms. The molecule has 2 aromatic rings. The molecule has 0 unspecified atom stereocenters. The van der Waals surface area contributed by atoms with Crippen LogP contribution in [-0.2, 0) is 4.74 Å². The highest BCUT2D eigenvalue weighted by Crippen LogP contribution is 2.41. The van der Waals surface area contributed by atoms with Crippen LogP contribution in [0.15, 0.2) is 30.3 Å². The molecule has 31 heavy (non-hydrogen) atoms. The van der Waals surface area contributed by atoms with Gasteiger partial charge in [-0.05, 0) is 37.1 Å². The van der Waals surface area contributed by atoms with Gasteiger partial charge in [0.15, 0.2) is 0 Å². The lowest BCUT2D eigenvalue weighted by molar-refractivity contribution is 0.0890. The Morgan fingerprint density at radius 3 is 2.97 bits per heavy atom. The largest absolute Gasteiger partial charge is 0.489 e. The number of rotatable bonds is 5. The number of nitrogens with one attached hydrogen (secondary N) is 1. The molecule has 2 N–H and O–H groups in total. The van der Waals surface area contributed by atoms with Gasteiger partial charge in [-0.25, -0.2) is 4.79 Å². The van der Waals surface area contributed by atoms with E-state index in [2.05, 4.69) is 10.2 Å². The first-order valence-corrected chi connectivity index (χ1v) is 11.4. The SMILES string of the molecule is O=C(NC[C@@H]1OC(=O)N2c3ccc(N4CCC[C@@H]4CO)cc3OC[C@@H]12)c1ccc(Cl)s1. The van der Waals surface area contributed by atoms with Crippen LogP contribution in [0.2, 0.25) is 4.34 Å². The summed E-state index contributed by atoms with van der Waals surface area (Å²) < 4.78 is 12.1. The van der Waals surface area contributed by atoms with Gasteiger partial charge in [0, 0.05) is 18.3 Å². The number of aliphatic hydroxyl groups is 1. The summed E-state index contributed by atoms with van der Waals surface area (Å²) in [6.07, 6.45) is 1.03. The number of benzene rings is 1. The molecule has 3 aliphatic rings. The molecule has 4 heterocycles. The lowest BCUT2D eigenvalue weighted by Crippen LogP contribution is -2.47. The van der Waals surface area contributed by atoms with E-state index in [1.54, 1.807) is 17.0 Å². The topological polar surface area (TPSA) is 91.3 Å². The van der Waals surface area contributed by atoms with Crippen LogP contribution in [0, 0.1) is 0 Å². The molecule has 1 aromatic heterocycles. The minimum atomic E-state index is -0.517. The number of cyclic esters (lactones) is 1. The molecule has 164 valence electrons. The summed E-state index contributed by atoms with van der Waals surface area (Å²) >= 11 is 7.09. The number of fused-ring (bicyclic) bond motifs is 3. The molecule has 0 bridgehead atoms. The third-order valence-electron chi connectivity index (χ3n) is 6.00. The number of halogens is 1. The van der Waals surface area contributed by atoms with Crippen molar-refractivity contribution in [3.8, 4) is 5.75 Å². The van der Waals surface area contributed by atoms with E-state index in [-0.39, 0.29) is 37.7 Å². The number of thiophene rings is 1. The van der Waals surface area contributed by atoms with Crippen molar-refractivity contribution in [1.29, 1.82) is 0 Å². The smallest absolute Gasteiger partial charge is 0.415 e. The predicted molar refractivity (Wildman–Crippen MR) is 118 cm³/mol. The number of amides is 2. The molecule has 3 aliphatic heterocycles. The lowest BCUT2D eigenvalue weighted by atomic mass is 10.1. The van der Waals surface area contributed by atoms with E-state index in [0.29, 0.717) is 20.7 Å². The first-order chi connectivity index (χ1) is 15.0. The third-order valence-corrected chi connectivity index (χ3v) is 7.23. The molecule has 2 saturated heterocycles. The van der Waals surface area contributed by atoms with E-state index in [1.807, 2.05) is 18.2 Å². The Labute approximate surface area is 188 Å². The van der Waals surface area contributed by atoms with Gasteiger partial charge in [0.1, 0.15) is 24.5 Å².